The molecule has 0 saturated carbocycles. The number of nitrogens with zero attached hydrogens (tertiary/aromatic N) is 1. The first-order valence-corrected chi connectivity index (χ1v) is 9.38. The number of halogens is 1. The van der Waals surface area contributed by atoms with Gasteiger partial charge in [-0.1, -0.05) is 15.9 Å². The van der Waals surface area contributed by atoms with E-state index in [0.29, 0.717) is 26.1 Å². The van der Waals surface area contributed by atoms with Gasteiger partial charge in [0.15, 0.2) is 0 Å². The molecular formula is C18H24BrN3O4. The Hall–Kier alpha value is -1.80. The van der Waals surface area contributed by atoms with Crippen molar-refractivity contribution in [3.05, 3.63) is 28.7 Å². The minimum Gasteiger partial charge on any atom is -0.444 e. The standard InChI is InChI=1S/C18H24BrN3O4/c1-17(2,3)26-16(24)22-10-18(11-22)8-14(9-25-18)21-15(23)20-13-6-4-12(19)5-7-13/h4-7,14H,8-11H2,1-3H3,(H2,20,21,23)/t14-/m0/s1. The van der Waals surface area contributed by atoms with Crippen molar-refractivity contribution in [2.75, 3.05) is 25.0 Å². The second kappa shape index (κ2) is 7.08. The summed E-state index contributed by atoms with van der Waals surface area (Å²) in [4.78, 5) is 25.8. The lowest BCUT2D eigenvalue weighted by Crippen LogP contribution is -2.64. The lowest BCUT2D eigenvalue weighted by atomic mass is 9.90. The molecule has 2 N–H and O–H groups in total. The molecule has 1 spiro atoms. The third-order valence-electron chi connectivity index (χ3n) is 4.26. The van der Waals surface area contributed by atoms with Gasteiger partial charge in [-0.25, -0.2) is 9.59 Å². The zero-order valence-corrected chi connectivity index (χ0v) is 16.8. The van der Waals surface area contributed by atoms with Crippen molar-refractivity contribution in [3.8, 4) is 0 Å². The number of ether oxygens (including phenoxy) is 2. The highest BCUT2D eigenvalue weighted by molar-refractivity contribution is 9.10. The summed E-state index contributed by atoms with van der Waals surface area (Å²) in [6.07, 6.45) is 0.358. The minimum absolute atomic E-state index is 0.0776. The number of carbonyl (C=O) groups is 2. The van der Waals surface area contributed by atoms with Crippen molar-refractivity contribution in [2.45, 2.75) is 44.4 Å². The second-order valence-corrected chi connectivity index (χ2v) is 8.75. The van der Waals surface area contributed by atoms with E-state index in [0.717, 1.165) is 10.2 Å². The molecule has 3 amide bonds. The topological polar surface area (TPSA) is 79.9 Å². The molecule has 1 atom stereocenters. The molecule has 7 nitrogen and oxygen atoms in total. The Bertz CT molecular complexity index is 681. The smallest absolute Gasteiger partial charge is 0.410 e. The third kappa shape index (κ3) is 4.67. The van der Waals surface area contributed by atoms with Crippen LogP contribution in [-0.4, -0.2) is 54.0 Å². The molecule has 2 fully saturated rings. The Morgan fingerprint density at radius 3 is 2.54 bits per heavy atom. The van der Waals surface area contributed by atoms with E-state index in [4.69, 9.17) is 9.47 Å². The molecule has 0 aromatic heterocycles. The number of hydrogen-bond donors (Lipinski definition) is 2. The molecular weight excluding hydrogens is 402 g/mol. The molecule has 0 unspecified atom stereocenters. The van der Waals surface area contributed by atoms with E-state index >= 15 is 0 Å². The molecule has 0 radical (unpaired) electrons. The lowest BCUT2D eigenvalue weighted by molar-refractivity contribution is -0.109. The fourth-order valence-corrected chi connectivity index (χ4v) is 3.41. The average molecular weight is 426 g/mol. The zero-order valence-electron chi connectivity index (χ0n) is 15.2. The molecule has 2 aliphatic heterocycles. The van der Waals surface area contributed by atoms with Crippen LogP contribution in [-0.2, 0) is 9.47 Å². The zero-order chi connectivity index (χ0) is 18.9. The number of nitrogens with one attached hydrogen (secondary N) is 2. The molecule has 8 heteroatoms. The highest BCUT2D eigenvalue weighted by Crippen LogP contribution is 2.35. The molecule has 1 aromatic carbocycles. The highest BCUT2D eigenvalue weighted by Gasteiger charge is 2.52. The molecule has 2 heterocycles. The fourth-order valence-electron chi connectivity index (χ4n) is 3.15. The van der Waals surface area contributed by atoms with E-state index in [2.05, 4.69) is 26.6 Å². The monoisotopic (exact) mass is 425 g/mol. The lowest BCUT2D eigenvalue weighted by Gasteiger charge is -2.46. The first kappa shape index (κ1) is 19.0. The average Bonchev–Trinajstić information content (AvgIpc) is 2.90. The predicted octanol–water partition coefficient (Wildman–Crippen LogP) is 3.35. The van der Waals surface area contributed by atoms with Crippen LogP contribution in [0.25, 0.3) is 0 Å². The van der Waals surface area contributed by atoms with Gasteiger partial charge in [0.25, 0.3) is 0 Å². The van der Waals surface area contributed by atoms with Gasteiger partial charge in [-0.15, -0.1) is 0 Å². The number of hydrogen-bond acceptors (Lipinski definition) is 4. The SMILES string of the molecule is CC(C)(C)OC(=O)N1CC2(C[C@H](NC(=O)Nc3ccc(Br)cc3)CO2)C1. The van der Waals surface area contributed by atoms with E-state index in [1.54, 1.807) is 4.90 Å². The first-order valence-electron chi connectivity index (χ1n) is 8.59. The van der Waals surface area contributed by atoms with Gasteiger partial charge in [-0.2, -0.15) is 0 Å². The van der Waals surface area contributed by atoms with Gasteiger partial charge in [0.1, 0.15) is 11.2 Å². The largest absolute Gasteiger partial charge is 0.444 e. The molecule has 0 aliphatic carbocycles. The van der Waals surface area contributed by atoms with Gasteiger partial charge < -0.3 is 25.0 Å². The van der Waals surface area contributed by atoms with Crippen molar-refractivity contribution >= 4 is 33.7 Å². The Kier molecular flexibility index (Phi) is 5.16. The Morgan fingerprint density at radius 2 is 1.92 bits per heavy atom. The first-order chi connectivity index (χ1) is 12.1. The van der Waals surface area contributed by atoms with E-state index in [9.17, 15) is 9.59 Å². The number of likely N-dealkylation sites (tertiary alicyclic amines) is 1. The van der Waals surface area contributed by atoms with Crippen LogP contribution in [0.2, 0.25) is 0 Å². The van der Waals surface area contributed by atoms with Gasteiger partial charge in [0.2, 0.25) is 0 Å². The second-order valence-electron chi connectivity index (χ2n) is 7.84. The Balaban J connectivity index is 1.44. The number of amides is 3. The van der Waals surface area contributed by atoms with Crippen molar-refractivity contribution in [3.63, 3.8) is 0 Å². The molecule has 142 valence electrons. The Morgan fingerprint density at radius 1 is 1.27 bits per heavy atom. The summed E-state index contributed by atoms with van der Waals surface area (Å²) < 4.78 is 12.2. The molecule has 2 aliphatic rings. The molecule has 26 heavy (non-hydrogen) atoms. The molecule has 2 saturated heterocycles. The van der Waals surface area contributed by atoms with Crippen molar-refractivity contribution in [1.82, 2.24) is 10.2 Å². The van der Waals surface area contributed by atoms with E-state index < -0.39 is 5.60 Å². The van der Waals surface area contributed by atoms with E-state index in [1.165, 1.54) is 0 Å². The number of urea groups is 1. The maximum absolute atomic E-state index is 12.1. The Labute approximate surface area is 161 Å². The fraction of sp³-hybridized carbons (Fsp3) is 0.556. The van der Waals surface area contributed by atoms with Gasteiger partial charge in [-0.05, 0) is 45.0 Å². The number of benzene rings is 1. The van der Waals surface area contributed by atoms with Crippen LogP contribution in [0.1, 0.15) is 27.2 Å². The van der Waals surface area contributed by atoms with Gasteiger partial charge in [-0.3, -0.25) is 0 Å². The van der Waals surface area contributed by atoms with Crippen molar-refractivity contribution < 1.29 is 19.1 Å². The summed E-state index contributed by atoms with van der Waals surface area (Å²) in [5.74, 6) is 0. The summed E-state index contributed by atoms with van der Waals surface area (Å²) >= 11 is 3.36. The van der Waals surface area contributed by atoms with Crippen LogP contribution in [0.3, 0.4) is 0 Å². The summed E-state index contributed by atoms with van der Waals surface area (Å²) in [7, 11) is 0. The normalized spacial score (nSPS) is 21.2. The quantitative estimate of drug-likeness (QED) is 0.760. The molecule has 0 bridgehead atoms. The van der Waals surface area contributed by atoms with Crippen LogP contribution in [0.5, 0.6) is 0 Å². The number of anilines is 1. The van der Waals surface area contributed by atoms with Gasteiger partial charge in [0, 0.05) is 16.6 Å². The summed E-state index contributed by atoms with van der Waals surface area (Å²) in [6.45, 7) is 6.96. The van der Waals surface area contributed by atoms with Gasteiger partial charge >= 0.3 is 12.1 Å². The van der Waals surface area contributed by atoms with Crippen molar-refractivity contribution in [2.24, 2.45) is 0 Å². The molecule has 3 rings (SSSR count). The highest BCUT2D eigenvalue weighted by atomic mass is 79.9. The van der Waals surface area contributed by atoms with Crippen LogP contribution in [0, 0.1) is 0 Å². The molecule has 1 aromatic rings. The van der Waals surface area contributed by atoms with Crippen LogP contribution >= 0.6 is 15.9 Å². The summed E-state index contributed by atoms with van der Waals surface area (Å²) in [5.41, 5.74) is -0.156. The van der Waals surface area contributed by atoms with Crippen LogP contribution in [0.15, 0.2) is 28.7 Å². The van der Waals surface area contributed by atoms with Crippen LogP contribution in [0.4, 0.5) is 15.3 Å². The summed E-state index contributed by atoms with van der Waals surface area (Å²) in [6, 6.07) is 7.03. The summed E-state index contributed by atoms with van der Waals surface area (Å²) in [5, 5.41) is 5.73. The minimum atomic E-state index is -0.508. The number of carbonyl (C=O) groups excluding carboxylic acids is 2. The van der Waals surface area contributed by atoms with E-state index in [-0.39, 0.29) is 23.8 Å². The van der Waals surface area contributed by atoms with Crippen molar-refractivity contribution in [1.29, 1.82) is 0 Å². The maximum Gasteiger partial charge on any atom is 0.410 e. The maximum atomic E-state index is 12.1. The number of rotatable bonds is 2. The van der Waals surface area contributed by atoms with E-state index in [1.807, 2.05) is 45.0 Å². The van der Waals surface area contributed by atoms with Gasteiger partial charge in [0.05, 0.1) is 25.7 Å². The third-order valence-corrected chi connectivity index (χ3v) is 4.78. The van der Waals surface area contributed by atoms with Crippen LogP contribution < -0.4 is 10.6 Å². The predicted molar refractivity (Wildman–Crippen MR) is 101 cm³/mol.